The van der Waals surface area contributed by atoms with Gasteiger partial charge in [0, 0.05) is 26.7 Å². The molecule has 0 bridgehead atoms. The summed E-state index contributed by atoms with van der Waals surface area (Å²) >= 11 is 0. The lowest BCUT2D eigenvalue weighted by molar-refractivity contribution is 0.212. The van der Waals surface area contributed by atoms with E-state index in [0.717, 1.165) is 32.7 Å². The number of aromatic nitrogens is 3. The monoisotopic (exact) mass is 296 g/mol. The van der Waals surface area contributed by atoms with Gasteiger partial charge in [0.15, 0.2) is 0 Å². The Morgan fingerprint density at radius 1 is 0.952 bits per heavy atom. The lowest BCUT2D eigenvalue weighted by Gasteiger charge is -2.20. The molecule has 1 rings (SSSR count). The van der Waals surface area contributed by atoms with Gasteiger partial charge in [-0.2, -0.15) is 15.0 Å². The molecule has 0 aromatic carbocycles. The third kappa shape index (κ3) is 5.34. The molecule has 1 heterocycles. The molecule has 7 heteroatoms. The Kier molecular flexibility index (Phi) is 7.74. The van der Waals surface area contributed by atoms with Crippen molar-refractivity contribution >= 4 is 11.9 Å². The second-order valence-electron chi connectivity index (χ2n) is 4.54. The first-order valence-corrected chi connectivity index (χ1v) is 7.72. The standard InChI is InChI=1S/C14H28N6O/c1-6-19(7-2)10-11-21-14-17-12(15-5)16-13(18-14)20(8-3)9-4/h6-11H2,1-5H3,(H,15,16,17,18). The molecule has 0 fully saturated rings. The van der Waals surface area contributed by atoms with Crippen LogP contribution in [0.4, 0.5) is 11.9 Å². The number of rotatable bonds is 10. The zero-order valence-electron chi connectivity index (χ0n) is 13.9. The lowest BCUT2D eigenvalue weighted by atomic mass is 10.5. The van der Waals surface area contributed by atoms with Crippen molar-refractivity contribution in [3.8, 4) is 6.01 Å². The fraction of sp³-hybridized carbons (Fsp3) is 0.786. The van der Waals surface area contributed by atoms with E-state index in [1.165, 1.54) is 0 Å². The molecule has 120 valence electrons. The van der Waals surface area contributed by atoms with Crippen LogP contribution >= 0.6 is 0 Å². The second-order valence-corrected chi connectivity index (χ2v) is 4.54. The molecule has 0 atom stereocenters. The van der Waals surface area contributed by atoms with Gasteiger partial charge in [0.25, 0.3) is 0 Å². The predicted octanol–water partition coefficient (Wildman–Crippen LogP) is 1.48. The second kappa shape index (κ2) is 9.33. The molecule has 0 saturated heterocycles. The predicted molar refractivity (Wildman–Crippen MR) is 86.2 cm³/mol. The number of ether oxygens (including phenoxy) is 1. The minimum atomic E-state index is 0.378. The molecular formula is C14H28N6O. The zero-order valence-corrected chi connectivity index (χ0v) is 13.9. The Labute approximate surface area is 127 Å². The van der Waals surface area contributed by atoms with E-state index in [0.29, 0.717) is 24.5 Å². The van der Waals surface area contributed by atoms with E-state index >= 15 is 0 Å². The van der Waals surface area contributed by atoms with Crippen molar-refractivity contribution in [2.45, 2.75) is 27.7 Å². The summed E-state index contributed by atoms with van der Waals surface area (Å²) in [7, 11) is 1.79. The number of hydrogen-bond acceptors (Lipinski definition) is 7. The van der Waals surface area contributed by atoms with E-state index in [1.807, 2.05) is 0 Å². The van der Waals surface area contributed by atoms with Crippen LogP contribution in [0.25, 0.3) is 0 Å². The first-order chi connectivity index (χ1) is 10.2. The Morgan fingerprint density at radius 3 is 2.14 bits per heavy atom. The van der Waals surface area contributed by atoms with E-state index in [9.17, 15) is 0 Å². The summed E-state index contributed by atoms with van der Waals surface area (Å²) in [6.45, 7) is 13.6. The van der Waals surface area contributed by atoms with Gasteiger partial charge in [-0.1, -0.05) is 13.8 Å². The normalized spacial score (nSPS) is 10.8. The van der Waals surface area contributed by atoms with Crippen LogP contribution in [0.3, 0.4) is 0 Å². The Morgan fingerprint density at radius 2 is 1.62 bits per heavy atom. The van der Waals surface area contributed by atoms with Gasteiger partial charge in [0.05, 0.1) is 0 Å². The average molecular weight is 296 g/mol. The maximum absolute atomic E-state index is 5.69. The molecule has 0 aliphatic carbocycles. The third-order valence-corrected chi connectivity index (χ3v) is 3.41. The van der Waals surface area contributed by atoms with Crippen molar-refractivity contribution in [3.05, 3.63) is 0 Å². The molecule has 0 radical (unpaired) electrons. The number of anilines is 2. The highest BCUT2D eigenvalue weighted by atomic mass is 16.5. The maximum atomic E-state index is 5.69. The van der Waals surface area contributed by atoms with Crippen molar-refractivity contribution < 1.29 is 4.74 Å². The quantitative estimate of drug-likeness (QED) is 0.701. The summed E-state index contributed by atoms with van der Waals surface area (Å²) in [5.41, 5.74) is 0. The molecule has 7 nitrogen and oxygen atoms in total. The van der Waals surface area contributed by atoms with Crippen LogP contribution in [0, 0.1) is 0 Å². The fourth-order valence-electron chi connectivity index (χ4n) is 1.98. The van der Waals surface area contributed by atoms with Gasteiger partial charge in [-0.05, 0) is 26.9 Å². The lowest BCUT2D eigenvalue weighted by Crippen LogP contribution is -2.28. The van der Waals surface area contributed by atoms with E-state index in [-0.39, 0.29) is 0 Å². The van der Waals surface area contributed by atoms with Crippen LogP contribution in [0.5, 0.6) is 6.01 Å². The van der Waals surface area contributed by atoms with E-state index in [1.54, 1.807) is 7.05 Å². The average Bonchev–Trinajstić information content (AvgIpc) is 2.52. The van der Waals surface area contributed by atoms with Gasteiger partial charge in [-0.15, -0.1) is 0 Å². The van der Waals surface area contributed by atoms with Crippen molar-refractivity contribution in [3.63, 3.8) is 0 Å². The van der Waals surface area contributed by atoms with Crippen LogP contribution in [-0.4, -0.2) is 66.2 Å². The summed E-state index contributed by atoms with van der Waals surface area (Å²) in [5, 5.41) is 2.95. The van der Waals surface area contributed by atoms with E-state index in [2.05, 4.69) is 57.8 Å². The molecular weight excluding hydrogens is 268 g/mol. The molecule has 21 heavy (non-hydrogen) atoms. The summed E-state index contributed by atoms with van der Waals surface area (Å²) < 4.78 is 5.69. The molecule has 0 aliphatic heterocycles. The third-order valence-electron chi connectivity index (χ3n) is 3.41. The molecule has 1 aromatic rings. The molecule has 0 amide bonds. The van der Waals surface area contributed by atoms with Gasteiger partial charge in [-0.3, -0.25) is 0 Å². The number of nitrogens with zero attached hydrogens (tertiary/aromatic N) is 5. The topological polar surface area (TPSA) is 66.4 Å². The van der Waals surface area contributed by atoms with Crippen LogP contribution in [-0.2, 0) is 0 Å². The van der Waals surface area contributed by atoms with Gasteiger partial charge >= 0.3 is 6.01 Å². The van der Waals surface area contributed by atoms with Crippen LogP contribution in [0.2, 0.25) is 0 Å². The minimum absolute atomic E-state index is 0.378. The highest BCUT2D eigenvalue weighted by molar-refractivity contribution is 5.37. The van der Waals surface area contributed by atoms with Gasteiger partial charge in [-0.25, -0.2) is 0 Å². The number of nitrogens with one attached hydrogen (secondary N) is 1. The Hall–Kier alpha value is -1.63. The summed E-state index contributed by atoms with van der Waals surface area (Å²) in [5.74, 6) is 1.18. The molecule has 0 saturated carbocycles. The van der Waals surface area contributed by atoms with Crippen molar-refractivity contribution in [2.24, 2.45) is 0 Å². The van der Waals surface area contributed by atoms with Crippen molar-refractivity contribution in [1.29, 1.82) is 0 Å². The highest BCUT2D eigenvalue weighted by Gasteiger charge is 2.11. The van der Waals surface area contributed by atoms with Crippen molar-refractivity contribution in [2.75, 3.05) is 56.6 Å². The summed E-state index contributed by atoms with van der Waals surface area (Å²) in [6, 6.07) is 0.378. The molecule has 0 spiro atoms. The summed E-state index contributed by atoms with van der Waals surface area (Å²) in [4.78, 5) is 17.4. The summed E-state index contributed by atoms with van der Waals surface area (Å²) in [6.07, 6.45) is 0. The zero-order chi connectivity index (χ0) is 15.7. The van der Waals surface area contributed by atoms with Crippen LogP contribution < -0.4 is 15.0 Å². The van der Waals surface area contributed by atoms with Gasteiger partial charge < -0.3 is 19.9 Å². The first kappa shape index (κ1) is 17.4. The number of hydrogen-bond donors (Lipinski definition) is 1. The Bertz CT molecular complexity index is 406. The first-order valence-electron chi connectivity index (χ1n) is 7.72. The van der Waals surface area contributed by atoms with Crippen LogP contribution in [0.15, 0.2) is 0 Å². The number of likely N-dealkylation sites (N-methyl/N-ethyl adjacent to an activating group) is 1. The molecule has 0 unspecified atom stereocenters. The SMILES string of the molecule is CCN(CC)CCOc1nc(NC)nc(N(CC)CC)n1. The highest BCUT2D eigenvalue weighted by Crippen LogP contribution is 2.14. The maximum Gasteiger partial charge on any atom is 0.323 e. The smallest absolute Gasteiger partial charge is 0.323 e. The van der Waals surface area contributed by atoms with E-state index < -0.39 is 0 Å². The molecule has 1 N–H and O–H groups in total. The van der Waals surface area contributed by atoms with E-state index in [4.69, 9.17) is 4.74 Å². The van der Waals surface area contributed by atoms with Gasteiger partial charge in [0.1, 0.15) is 6.61 Å². The molecule has 1 aromatic heterocycles. The largest absolute Gasteiger partial charge is 0.462 e. The fourth-order valence-corrected chi connectivity index (χ4v) is 1.98. The van der Waals surface area contributed by atoms with Crippen molar-refractivity contribution in [1.82, 2.24) is 19.9 Å². The Balaban J connectivity index is 2.74. The minimum Gasteiger partial charge on any atom is -0.462 e. The van der Waals surface area contributed by atoms with Crippen LogP contribution in [0.1, 0.15) is 27.7 Å². The van der Waals surface area contributed by atoms with Gasteiger partial charge in [0.2, 0.25) is 11.9 Å². The molecule has 0 aliphatic rings.